The van der Waals surface area contributed by atoms with E-state index in [9.17, 15) is 14.4 Å². The number of hydrogen-bond donors (Lipinski definition) is 0. The molecule has 0 aliphatic carbocycles. The molecule has 0 radical (unpaired) electrons. The normalized spacial score (nSPS) is 12.5. The summed E-state index contributed by atoms with van der Waals surface area (Å²) < 4.78 is 16.9. The number of carbonyl (C=O) groups excluding carboxylic acids is 3. The predicted molar refractivity (Wildman–Crippen MR) is 335 cm³/mol. The summed E-state index contributed by atoms with van der Waals surface area (Å²) in [5.74, 6) is -0.905. The van der Waals surface area contributed by atoms with Crippen LogP contribution >= 0.6 is 0 Å². The average Bonchev–Trinajstić information content (AvgIpc) is 3.43. The molecule has 0 saturated carbocycles. The molecule has 6 nitrogen and oxygen atoms in total. The second kappa shape index (κ2) is 65.4. The number of unbranched alkanes of at least 4 members (excludes halogenated alkanes) is 38. The first kappa shape index (κ1) is 73.8. The van der Waals surface area contributed by atoms with Crippen LogP contribution in [-0.2, 0) is 28.6 Å². The second-order valence-corrected chi connectivity index (χ2v) is 22.4. The zero-order valence-electron chi connectivity index (χ0n) is 51.2. The molecule has 0 aliphatic rings. The number of allylic oxidation sites excluding steroid dienone is 12. The molecule has 0 bridgehead atoms. The van der Waals surface area contributed by atoms with Crippen LogP contribution in [0.4, 0.5) is 0 Å². The van der Waals surface area contributed by atoms with Crippen LogP contribution in [0.2, 0.25) is 0 Å². The number of esters is 3. The lowest BCUT2D eigenvalue weighted by atomic mass is 10.0. The van der Waals surface area contributed by atoms with Crippen molar-refractivity contribution in [2.24, 2.45) is 0 Å². The molecule has 0 amide bonds. The lowest BCUT2D eigenvalue weighted by Gasteiger charge is -2.18. The maximum absolute atomic E-state index is 12.9. The highest BCUT2D eigenvalue weighted by Gasteiger charge is 2.19. The van der Waals surface area contributed by atoms with Crippen molar-refractivity contribution in [2.45, 2.75) is 348 Å². The van der Waals surface area contributed by atoms with Crippen LogP contribution in [0.1, 0.15) is 342 Å². The van der Waals surface area contributed by atoms with E-state index in [0.29, 0.717) is 19.3 Å². The molecule has 0 aromatic carbocycles. The number of carbonyl (C=O) groups is 3. The van der Waals surface area contributed by atoms with Crippen molar-refractivity contribution in [1.29, 1.82) is 0 Å². The van der Waals surface area contributed by atoms with Crippen molar-refractivity contribution >= 4 is 17.9 Å². The van der Waals surface area contributed by atoms with Gasteiger partial charge in [0, 0.05) is 19.3 Å². The fourth-order valence-corrected chi connectivity index (χ4v) is 9.70. The highest BCUT2D eigenvalue weighted by molar-refractivity contribution is 5.71. The van der Waals surface area contributed by atoms with Gasteiger partial charge in [-0.3, -0.25) is 14.4 Å². The second-order valence-electron chi connectivity index (χ2n) is 22.4. The van der Waals surface area contributed by atoms with Crippen molar-refractivity contribution in [3.63, 3.8) is 0 Å². The minimum absolute atomic E-state index is 0.0862. The van der Waals surface area contributed by atoms with E-state index >= 15 is 0 Å². The summed E-state index contributed by atoms with van der Waals surface area (Å²) in [7, 11) is 0. The van der Waals surface area contributed by atoms with Gasteiger partial charge in [0.05, 0.1) is 0 Å². The van der Waals surface area contributed by atoms with Crippen molar-refractivity contribution < 1.29 is 28.6 Å². The highest BCUT2D eigenvalue weighted by Crippen LogP contribution is 2.17. The van der Waals surface area contributed by atoms with E-state index in [0.717, 1.165) is 103 Å². The minimum Gasteiger partial charge on any atom is -0.462 e. The minimum atomic E-state index is -0.791. The Kier molecular flexibility index (Phi) is 62.7. The molecule has 0 saturated heterocycles. The van der Waals surface area contributed by atoms with Crippen molar-refractivity contribution in [1.82, 2.24) is 0 Å². The summed E-state index contributed by atoms with van der Waals surface area (Å²) in [5.41, 5.74) is 0. The van der Waals surface area contributed by atoms with Gasteiger partial charge in [-0.1, -0.05) is 306 Å². The van der Waals surface area contributed by atoms with Crippen LogP contribution < -0.4 is 0 Å². The van der Waals surface area contributed by atoms with E-state index in [1.807, 2.05) is 0 Å². The summed E-state index contributed by atoms with van der Waals surface area (Å²) in [6, 6.07) is 0. The molecule has 6 heteroatoms. The van der Waals surface area contributed by atoms with Crippen molar-refractivity contribution in [3.05, 3.63) is 72.9 Å². The van der Waals surface area contributed by atoms with Gasteiger partial charge in [-0.05, 0) is 89.9 Å². The Morgan fingerprint density at radius 1 is 0.273 bits per heavy atom. The van der Waals surface area contributed by atoms with Gasteiger partial charge in [0.15, 0.2) is 6.10 Å². The van der Waals surface area contributed by atoms with Gasteiger partial charge >= 0.3 is 17.9 Å². The van der Waals surface area contributed by atoms with Crippen LogP contribution in [0.5, 0.6) is 0 Å². The maximum Gasteiger partial charge on any atom is 0.306 e. The SMILES string of the molecule is CC/C=C\C/C=C\C/C=C\CCCCCC(=O)OCC(COC(=O)CCCCCCCCCC/C=C\C/C=C\C/C=C\CCCCCCC)OC(=O)CCCCCCCCCCCCCCCCCCCCCCCCC. The van der Waals surface area contributed by atoms with Crippen molar-refractivity contribution in [3.8, 4) is 0 Å². The predicted octanol–water partition coefficient (Wildman–Crippen LogP) is 22.9. The average molecular weight is 1080 g/mol. The van der Waals surface area contributed by atoms with E-state index in [4.69, 9.17) is 14.2 Å². The van der Waals surface area contributed by atoms with Crippen LogP contribution in [0.15, 0.2) is 72.9 Å². The molecule has 0 aliphatic heterocycles. The lowest BCUT2D eigenvalue weighted by molar-refractivity contribution is -0.167. The molecular weight excluding hydrogens is 949 g/mol. The Hall–Kier alpha value is -3.15. The summed E-state index contributed by atoms with van der Waals surface area (Å²) in [4.78, 5) is 38.3. The zero-order chi connectivity index (χ0) is 55.7. The molecule has 0 N–H and O–H groups in total. The third-order valence-electron chi connectivity index (χ3n) is 14.7. The van der Waals surface area contributed by atoms with Gasteiger partial charge in [0.1, 0.15) is 13.2 Å². The largest absolute Gasteiger partial charge is 0.462 e. The first-order chi connectivity index (χ1) is 38.0. The summed E-state index contributed by atoms with van der Waals surface area (Å²) in [5, 5.41) is 0. The Labute approximate surface area is 478 Å². The summed E-state index contributed by atoms with van der Waals surface area (Å²) in [6.07, 6.45) is 85.0. The number of rotatable bonds is 61. The summed E-state index contributed by atoms with van der Waals surface area (Å²) in [6.45, 7) is 6.53. The topological polar surface area (TPSA) is 78.9 Å². The third-order valence-corrected chi connectivity index (χ3v) is 14.7. The van der Waals surface area contributed by atoms with E-state index in [2.05, 4.69) is 93.7 Å². The van der Waals surface area contributed by atoms with Gasteiger partial charge in [-0.2, -0.15) is 0 Å². The summed E-state index contributed by atoms with van der Waals surface area (Å²) >= 11 is 0. The molecule has 446 valence electrons. The van der Waals surface area contributed by atoms with Gasteiger partial charge < -0.3 is 14.2 Å². The molecule has 0 spiro atoms. The van der Waals surface area contributed by atoms with E-state index in [1.165, 1.54) is 199 Å². The lowest BCUT2D eigenvalue weighted by Crippen LogP contribution is -2.30. The molecule has 0 aromatic rings. The number of ether oxygens (including phenoxy) is 3. The molecule has 1 unspecified atom stereocenters. The van der Waals surface area contributed by atoms with Crippen LogP contribution in [0, 0.1) is 0 Å². The fraction of sp³-hybridized carbons (Fsp3) is 0.789. The van der Waals surface area contributed by atoms with E-state index in [1.54, 1.807) is 0 Å². The monoisotopic (exact) mass is 1070 g/mol. The molecule has 77 heavy (non-hydrogen) atoms. The first-order valence-electron chi connectivity index (χ1n) is 33.4. The quantitative estimate of drug-likeness (QED) is 0.0261. The number of hydrogen-bond acceptors (Lipinski definition) is 6. The maximum atomic E-state index is 12.9. The molecule has 0 rings (SSSR count). The smallest absolute Gasteiger partial charge is 0.306 e. The standard InChI is InChI=1S/C71H126O6/c1-4-7-10-13-16-19-22-25-27-29-31-33-35-37-39-41-43-46-49-52-55-58-61-64-70(73)76-67-68(66-75-69(72)63-60-57-54-51-48-45-24-21-18-15-12-9-6-3)77-71(74)65-62-59-56-53-50-47-44-42-40-38-36-34-32-30-28-26-23-20-17-14-11-8-5-2/h9,12,18,21-22,25,29,31,35,37,45,48,68H,4-8,10-11,13-17,19-20,23-24,26-28,30,32-34,36,38-44,46-47,49-67H2,1-3H3/b12-9-,21-18-,25-22-,31-29-,37-35-,48-45-. The van der Waals surface area contributed by atoms with Gasteiger partial charge in [0.25, 0.3) is 0 Å². The Morgan fingerprint density at radius 2 is 0.506 bits per heavy atom. The molecule has 0 aromatic heterocycles. The van der Waals surface area contributed by atoms with Gasteiger partial charge in [-0.15, -0.1) is 0 Å². The van der Waals surface area contributed by atoms with Crippen LogP contribution in [0.3, 0.4) is 0 Å². The van der Waals surface area contributed by atoms with E-state index < -0.39 is 6.10 Å². The molecule has 0 heterocycles. The Bertz CT molecular complexity index is 1420. The van der Waals surface area contributed by atoms with Crippen LogP contribution in [0.25, 0.3) is 0 Å². The molecule has 1 atom stereocenters. The first-order valence-corrected chi connectivity index (χ1v) is 33.4. The third kappa shape index (κ3) is 63.6. The van der Waals surface area contributed by atoms with Gasteiger partial charge in [0.2, 0.25) is 0 Å². The van der Waals surface area contributed by atoms with Crippen LogP contribution in [-0.4, -0.2) is 37.2 Å². The molecule has 0 fully saturated rings. The Morgan fingerprint density at radius 3 is 0.805 bits per heavy atom. The van der Waals surface area contributed by atoms with E-state index in [-0.39, 0.29) is 31.1 Å². The fourth-order valence-electron chi connectivity index (χ4n) is 9.70. The molecular formula is C71H126O6. The highest BCUT2D eigenvalue weighted by atomic mass is 16.6. The zero-order valence-corrected chi connectivity index (χ0v) is 51.2. The Balaban J connectivity index is 4.31. The van der Waals surface area contributed by atoms with Gasteiger partial charge in [-0.25, -0.2) is 0 Å². The van der Waals surface area contributed by atoms with Crippen molar-refractivity contribution in [2.75, 3.05) is 13.2 Å².